The molecule has 0 aliphatic carbocycles. The number of para-hydroxylation sites is 1. The van der Waals surface area contributed by atoms with Crippen molar-refractivity contribution in [2.24, 2.45) is 0 Å². The predicted octanol–water partition coefficient (Wildman–Crippen LogP) is 5.65. The van der Waals surface area contributed by atoms with Crippen LogP contribution in [0.3, 0.4) is 0 Å². The first kappa shape index (κ1) is 20.8. The number of benzene rings is 2. The van der Waals surface area contributed by atoms with Crippen LogP contribution in [0, 0.1) is 0 Å². The van der Waals surface area contributed by atoms with Gasteiger partial charge in [-0.2, -0.15) is 0 Å². The van der Waals surface area contributed by atoms with E-state index in [9.17, 15) is 9.59 Å². The molecule has 158 valence electrons. The Morgan fingerprint density at radius 3 is 2.45 bits per heavy atom. The third-order valence-electron chi connectivity index (χ3n) is 4.98. The number of nitrogens with zero attached hydrogens (tertiary/aromatic N) is 2. The van der Waals surface area contributed by atoms with Gasteiger partial charge in [0.1, 0.15) is 5.76 Å². The topological polar surface area (TPSA) is 72.6 Å². The van der Waals surface area contributed by atoms with Gasteiger partial charge < -0.3 is 9.15 Å². The second kappa shape index (κ2) is 8.73. The van der Waals surface area contributed by atoms with E-state index in [-0.39, 0.29) is 12.5 Å². The standard InChI is InChI=1S/C24H22N2O4S/c1-15(2)19-7-4-8-20-21(19)25-24(31-20)26(14-18-6-5-13-30-18)22(27)16-9-11-17(12-10-16)23(28)29-3/h4-13,15H,14H2,1-3H3. The third kappa shape index (κ3) is 4.22. The number of methoxy groups -OCH3 is 1. The zero-order chi connectivity index (χ0) is 22.0. The van der Waals surface area contributed by atoms with Crippen molar-refractivity contribution in [3.05, 3.63) is 83.3 Å². The molecule has 0 saturated heterocycles. The number of ether oxygens (including phenoxy) is 1. The Hall–Kier alpha value is -3.45. The van der Waals surface area contributed by atoms with E-state index in [1.807, 2.05) is 18.2 Å². The largest absolute Gasteiger partial charge is 0.467 e. The van der Waals surface area contributed by atoms with Gasteiger partial charge in [-0.25, -0.2) is 9.78 Å². The summed E-state index contributed by atoms with van der Waals surface area (Å²) in [5.41, 5.74) is 2.89. The van der Waals surface area contributed by atoms with Crippen LogP contribution in [0.4, 0.5) is 5.13 Å². The Kier molecular flexibility index (Phi) is 5.86. The average Bonchev–Trinajstić information content (AvgIpc) is 3.45. The second-order valence-electron chi connectivity index (χ2n) is 7.38. The van der Waals surface area contributed by atoms with Gasteiger partial charge in [-0.15, -0.1) is 0 Å². The molecule has 0 aliphatic heterocycles. The lowest BCUT2D eigenvalue weighted by molar-refractivity contribution is 0.0600. The average molecular weight is 435 g/mol. The van der Waals surface area contributed by atoms with Crippen LogP contribution < -0.4 is 4.90 Å². The molecular weight excluding hydrogens is 412 g/mol. The van der Waals surface area contributed by atoms with Crippen molar-refractivity contribution in [2.75, 3.05) is 12.0 Å². The first-order chi connectivity index (χ1) is 15.0. The number of thiazole rings is 1. The van der Waals surface area contributed by atoms with Crippen LogP contribution in [-0.2, 0) is 11.3 Å². The zero-order valence-electron chi connectivity index (χ0n) is 17.5. The van der Waals surface area contributed by atoms with E-state index >= 15 is 0 Å². The maximum absolute atomic E-state index is 13.5. The van der Waals surface area contributed by atoms with Gasteiger partial charge in [0, 0.05) is 5.56 Å². The summed E-state index contributed by atoms with van der Waals surface area (Å²) < 4.78 is 11.3. The summed E-state index contributed by atoms with van der Waals surface area (Å²) in [6.45, 7) is 4.51. The van der Waals surface area contributed by atoms with Crippen LogP contribution in [0.5, 0.6) is 0 Å². The fourth-order valence-corrected chi connectivity index (χ4v) is 4.34. The minimum Gasteiger partial charge on any atom is -0.467 e. The third-order valence-corrected chi connectivity index (χ3v) is 6.03. The molecule has 0 spiro atoms. The van der Waals surface area contributed by atoms with Crippen LogP contribution in [-0.4, -0.2) is 24.0 Å². The Morgan fingerprint density at radius 1 is 1.06 bits per heavy atom. The highest BCUT2D eigenvalue weighted by Crippen LogP contribution is 2.34. The van der Waals surface area contributed by atoms with Crippen molar-refractivity contribution in [3.8, 4) is 0 Å². The molecule has 2 heterocycles. The smallest absolute Gasteiger partial charge is 0.337 e. The first-order valence-corrected chi connectivity index (χ1v) is 10.7. The summed E-state index contributed by atoms with van der Waals surface area (Å²) in [5.74, 6) is 0.304. The lowest BCUT2D eigenvalue weighted by Crippen LogP contribution is -2.30. The van der Waals surface area contributed by atoms with Gasteiger partial charge in [-0.1, -0.05) is 37.3 Å². The minimum atomic E-state index is -0.446. The van der Waals surface area contributed by atoms with Crippen LogP contribution in [0.1, 0.15) is 51.8 Å². The highest BCUT2D eigenvalue weighted by Gasteiger charge is 2.24. The predicted molar refractivity (Wildman–Crippen MR) is 121 cm³/mol. The highest BCUT2D eigenvalue weighted by molar-refractivity contribution is 7.22. The maximum Gasteiger partial charge on any atom is 0.337 e. The quantitative estimate of drug-likeness (QED) is 0.367. The molecule has 7 heteroatoms. The van der Waals surface area contributed by atoms with Crippen LogP contribution >= 0.6 is 11.3 Å². The summed E-state index contributed by atoms with van der Waals surface area (Å²) >= 11 is 1.47. The molecule has 6 nitrogen and oxygen atoms in total. The van der Waals surface area contributed by atoms with Gasteiger partial charge in [0.05, 0.1) is 35.7 Å². The molecule has 0 bridgehead atoms. The van der Waals surface area contributed by atoms with Crippen LogP contribution in [0.15, 0.2) is 65.3 Å². The zero-order valence-corrected chi connectivity index (χ0v) is 18.3. The molecule has 0 aliphatic rings. The lowest BCUT2D eigenvalue weighted by atomic mass is 10.0. The molecule has 1 amide bonds. The molecule has 4 aromatic rings. The molecule has 0 unspecified atom stereocenters. The molecule has 0 atom stereocenters. The van der Waals surface area contributed by atoms with E-state index in [2.05, 4.69) is 19.9 Å². The number of anilines is 1. The van der Waals surface area contributed by atoms with Gasteiger partial charge in [0.2, 0.25) is 0 Å². The van der Waals surface area contributed by atoms with Crippen molar-refractivity contribution < 1.29 is 18.7 Å². The highest BCUT2D eigenvalue weighted by atomic mass is 32.1. The van der Waals surface area contributed by atoms with E-state index in [1.54, 1.807) is 41.5 Å². The number of rotatable bonds is 6. The van der Waals surface area contributed by atoms with E-state index in [0.717, 1.165) is 15.8 Å². The van der Waals surface area contributed by atoms with Gasteiger partial charge in [-0.3, -0.25) is 9.69 Å². The summed E-state index contributed by atoms with van der Waals surface area (Å²) in [6.07, 6.45) is 1.58. The number of furan rings is 1. The molecular formula is C24H22N2O4S. The number of fused-ring (bicyclic) bond motifs is 1. The van der Waals surface area contributed by atoms with E-state index in [1.165, 1.54) is 18.4 Å². The summed E-state index contributed by atoms with van der Waals surface area (Å²) in [4.78, 5) is 31.6. The van der Waals surface area contributed by atoms with Crippen molar-refractivity contribution in [2.45, 2.75) is 26.3 Å². The molecule has 0 N–H and O–H groups in total. The fourth-order valence-electron chi connectivity index (χ4n) is 3.35. The number of hydrogen-bond donors (Lipinski definition) is 0. The number of aromatic nitrogens is 1. The number of hydrogen-bond acceptors (Lipinski definition) is 6. The molecule has 2 aromatic heterocycles. The number of esters is 1. The monoisotopic (exact) mass is 434 g/mol. The van der Waals surface area contributed by atoms with Gasteiger partial charge in [0.25, 0.3) is 5.91 Å². The Labute approximate surface area is 184 Å². The first-order valence-electron chi connectivity index (χ1n) is 9.90. The normalized spacial score (nSPS) is 11.1. The number of carbonyl (C=O) groups is 2. The van der Waals surface area contributed by atoms with Crippen molar-refractivity contribution >= 4 is 38.6 Å². The molecule has 0 saturated carbocycles. The molecule has 31 heavy (non-hydrogen) atoms. The molecule has 0 radical (unpaired) electrons. The van der Waals surface area contributed by atoms with Crippen LogP contribution in [0.25, 0.3) is 10.2 Å². The Balaban J connectivity index is 1.74. The summed E-state index contributed by atoms with van der Waals surface area (Å²) in [7, 11) is 1.32. The fraction of sp³-hybridized carbons (Fsp3) is 0.208. The SMILES string of the molecule is COC(=O)c1ccc(C(=O)N(Cc2ccco2)c2nc3c(C(C)C)cccc3s2)cc1. The lowest BCUT2D eigenvalue weighted by Gasteiger charge is -2.19. The Bertz CT molecular complexity index is 1210. The number of carbonyl (C=O) groups excluding carboxylic acids is 2. The van der Waals surface area contributed by atoms with Crippen molar-refractivity contribution in [1.29, 1.82) is 0 Å². The summed E-state index contributed by atoms with van der Waals surface area (Å²) in [6, 6.07) is 16.1. The second-order valence-corrected chi connectivity index (χ2v) is 8.39. The molecule has 2 aromatic carbocycles. The molecule has 4 rings (SSSR count). The molecule has 0 fully saturated rings. The van der Waals surface area contributed by atoms with Crippen LogP contribution in [0.2, 0.25) is 0 Å². The minimum absolute atomic E-state index is 0.224. The van der Waals surface area contributed by atoms with Crippen molar-refractivity contribution in [3.63, 3.8) is 0 Å². The van der Waals surface area contributed by atoms with Gasteiger partial charge in [0.15, 0.2) is 5.13 Å². The van der Waals surface area contributed by atoms with E-state index in [4.69, 9.17) is 14.1 Å². The maximum atomic E-state index is 13.5. The van der Waals surface area contributed by atoms with E-state index < -0.39 is 5.97 Å². The van der Waals surface area contributed by atoms with Crippen molar-refractivity contribution in [1.82, 2.24) is 4.98 Å². The number of amides is 1. The van der Waals surface area contributed by atoms with Gasteiger partial charge >= 0.3 is 5.97 Å². The van der Waals surface area contributed by atoms with E-state index in [0.29, 0.717) is 27.9 Å². The summed E-state index contributed by atoms with van der Waals surface area (Å²) in [5, 5.41) is 0.599. The Morgan fingerprint density at radius 2 is 1.81 bits per heavy atom. The van der Waals surface area contributed by atoms with Gasteiger partial charge in [-0.05, 0) is 53.9 Å².